The van der Waals surface area contributed by atoms with Gasteiger partial charge in [-0.1, -0.05) is 46.9 Å². The van der Waals surface area contributed by atoms with E-state index in [-0.39, 0.29) is 10.6 Å². The van der Waals surface area contributed by atoms with E-state index in [0.29, 0.717) is 12.5 Å². The summed E-state index contributed by atoms with van der Waals surface area (Å²) >= 11 is 9.26. The summed E-state index contributed by atoms with van der Waals surface area (Å²) < 4.78 is 13.6. The number of nitrogens with one attached hydrogen (secondary N) is 1. The Morgan fingerprint density at radius 3 is 2.79 bits per heavy atom. The highest BCUT2D eigenvalue weighted by Crippen LogP contribution is 2.19. The van der Waals surface area contributed by atoms with E-state index in [1.165, 1.54) is 18.2 Å². The summed E-state index contributed by atoms with van der Waals surface area (Å²) in [6.45, 7) is 2.65. The van der Waals surface area contributed by atoms with Crippen LogP contribution < -0.4 is 5.32 Å². The first kappa shape index (κ1) is 16.4. The van der Waals surface area contributed by atoms with Crippen LogP contribution in [0.4, 0.5) is 4.39 Å². The molecule has 1 atom stereocenters. The van der Waals surface area contributed by atoms with Gasteiger partial charge in [-0.2, -0.15) is 0 Å². The molecule has 0 aliphatic heterocycles. The van der Waals surface area contributed by atoms with Crippen LogP contribution in [-0.2, 0) is 0 Å². The van der Waals surface area contributed by atoms with E-state index in [0.717, 1.165) is 24.6 Å². The molecule has 0 saturated carbocycles. The first-order chi connectivity index (χ1) is 9.10. The molecule has 1 rings (SSSR count). The topological polar surface area (TPSA) is 29.1 Å². The second-order valence-electron chi connectivity index (χ2n) is 4.44. The molecule has 2 nitrogen and oxygen atoms in total. The molecule has 1 aromatic rings. The van der Waals surface area contributed by atoms with Crippen LogP contribution in [0.15, 0.2) is 18.2 Å². The minimum atomic E-state index is -0.586. The summed E-state index contributed by atoms with van der Waals surface area (Å²) in [5, 5.41) is 3.81. The second kappa shape index (κ2) is 8.54. The molecule has 0 saturated heterocycles. The molecular formula is C14H18BrClFNO. The molecule has 19 heavy (non-hydrogen) atoms. The molecule has 0 aliphatic rings. The van der Waals surface area contributed by atoms with Crippen molar-refractivity contribution in [3.05, 3.63) is 34.6 Å². The van der Waals surface area contributed by atoms with Gasteiger partial charge in [0.25, 0.3) is 5.91 Å². The Morgan fingerprint density at radius 1 is 1.47 bits per heavy atom. The second-order valence-corrected chi connectivity index (χ2v) is 5.64. The molecular weight excluding hydrogens is 333 g/mol. The summed E-state index contributed by atoms with van der Waals surface area (Å²) in [6, 6.07) is 4.24. The third kappa shape index (κ3) is 5.11. The number of hydrogen-bond acceptors (Lipinski definition) is 1. The fourth-order valence-corrected chi connectivity index (χ4v) is 2.85. The quantitative estimate of drug-likeness (QED) is 0.725. The third-order valence-electron chi connectivity index (χ3n) is 2.96. The predicted molar refractivity (Wildman–Crippen MR) is 80.6 cm³/mol. The zero-order valence-electron chi connectivity index (χ0n) is 10.9. The van der Waals surface area contributed by atoms with Crippen molar-refractivity contribution in [2.45, 2.75) is 26.2 Å². The molecule has 1 unspecified atom stereocenters. The summed E-state index contributed by atoms with van der Waals surface area (Å²) in [5.41, 5.74) is -0.0711. The van der Waals surface area contributed by atoms with E-state index in [4.69, 9.17) is 11.6 Å². The van der Waals surface area contributed by atoms with E-state index in [1.54, 1.807) is 0 Å². The molecule has 0 radical (unpaired) electrons. The van der Waals surface area contributed by atoms with E-state index in [1.807, 2.05) is 0 Å². The Hall–Kier alpha value is -0.610. The lowest BCUT2D eigenvalue weighted by Gasteiger charge is -2.16. The molecule has 1 amide bonds. The SMILES string of the molecule is CCCC(CCBr)CNC(=O)c1c(F)cccc1Cl. The lowest BCUT2D eigenvalue weighted by Crippen LogP contribution is -2.30. The standard InChI is InChI=1S/C14H18BrClFNO/c1-2-4-10(7-8-15)9-18-14(19)13-11(16)5-3-6-12(13)17/h3,5-6,10H,2,4,7-9H2,1H3,(H,18,19). The van der Waals surface area contributed by atoms with Crippen molar-refractivity contribution in [2.75, 3.05) is 11.9 Å². The van der Waals surface area contributed by atoms with Crippen LogP contribution in [0.3, 0.4) is 0 Å². The van der Waals surface area contributed by atoms with Crippen molar-refractivity contribution in [3.8, 4) is 0 Å². The third-order valence-corrected chi connectivity index (χ3v) is 3.73. The maximum Gasteiger partial charge on any atom is 0.255 e. The van der Waals surface area contributed by atoms with Gasteiger partial charge in [0.1, 0.15) is 5.82 Å². The fourth-order valence-electron chi connectivity index (χ4n) is 1.95. The average Bonchev–Trinajstić information content (AvgIpc) is 2.36. The maximum absolute atomic E-state index is 13.6. The number of alkyl halides is 1. The number of amides is 1. The van der Waals surface area contributed by atoms with Gasteiger partial charge in [0, 0.05) is 11.9 Å². The van der Waals surface area contributed by atoms with Gasteiger partial charge < -0.3 is 5.32 Å². The Labute approximate surface area is 126 Å². The van der Waals surface area contributed by atoms with Gasteiger partial charge in [-0.3, -0.25) is 4.79 Å². The van der Waals surface area contributed by atoms with Gasteiger partial charge in [-0.05, 0) is 30.9 Å². The number of benzene rings is 1. The molecule has 5 heteroatoms. The van der Waals surface area contributed by atoms with E-state index in [9.17, 15) is 9.18 Å². The largest absolute Gasteiger partial charge is 0.352 e. The Kier molecular flexibility index (Phi) is 7.39. The van der Waals surface area contributed by atoms with E-state index in [2.05, 4.69) is 28.2 Å². The number of carbonyl (C=O) groups is 1. The zero-order valence-corrected chi connectivity index (χ0v) is 13.2. The highest BCUT2D eigenvalue weighted by atomic mass is 79.9. The van der Waals surface area contributed by atoms with Gasteiger partial charge in [0.05, 0.1) is 10.6 Å². The van der Waals surface area contributed by atoms with Crippen LogP contribution in [-0.4, -0.2) is 17.8 Å². The van der Waals surface area contributed by atoms with Crippen LogP contribution in [0.2, 0.25) is 5.02 Å². The minimum Gasteiger partial charge on any atom is -0.352 e. The van der Waals surface area contributed by atoms with Crippen LogP contribution in [0.25, 0.3) is 0 Å². The smallest absolute Gasteiger partial charge is 0.255 e. The molecule has 1 aromatic carbocycles. The maximum atomic E-state index is 13.6. The molecule has 0 fully saturated rings. The van der Waals surface area contributed by atoms with Crippen molar-refractivity contribution < 1.29 is 9.18 Å². The lowest BCUT2D eigenvalue weighted by atomic mass is 10.0. The van der Waals surface area contributed by atoms with Gasteiger partial charge in [-0.15, -0.1) is 0 Å². The molecule has 106 valence electrons. The normalized spacial score (nSPS) is 12.2. The molecule has 0 aliphatic carbocycles. The summed E-state index contributed by atoms with van der Waals surface area (Å²) in [6.07, 6.45) is 3.09. The Balaban J connectivity index is 2.64. The zero-order chi connectivity index (χ0) is 14.3. The first-order valence-electron chi connectivity index (χ1n) is 6.38. The van der Waals surface area contributed by atoms with Gasteiger partial charge in [-0.25, -0.2) is 4.39 Å². The minimum absolute atomic E-state index is 0.0711. The van der Waals surface area contributed by atoms with Crippen molar-refractivity contribution in [2.24, 2.45) is 5.92 Å². The van der Waals surface area contributed by atoms with Crippen LogP contribution in [0, 0.1) is 11.7 Å². The summed E-state index contributed by atoms with van der Waals surface area (Å²) in [5.74, 6) is -0.629. The highest BCUT2D eigenvalue weighted by molar-refractivity contribution is 9.09. The van der Waals surface area contributed by atoms with Crippen molar-refractivity contribution in [3.63, 3.8) is 0 Å². The molecule has 0 heterocycles. The first-order valence-corrected chi connectivity index (χ1v) is 7.88. The van der Waals surface area contributed by atoms with E-state index >= 15 is 0 Å². The lowest BCUT2D eigenvalue weighted by molar-refractivity contribution is 0.0942. The molecule has 1 N–H and O–H groups in total. The van der Waals surface area contributed by atoms with Crippen LogP contribution in [0.1, 0.15) is 36.5 Å². The van der Waals surface area contributed by atoms with E-state index < -0.39 is 11.7 Å². The number of halogens is 3. The Bertz CT molecular complexity index is 402. The number of rotatable bonds is 7. The van der Waals surface area contributed by atoms with Crippen molar-refractivity contribution in [1.82, 2.24) is 5.32 Å². The fraction of sp³-hybridized carbons (Fsp3) is 0.500. The average molecular weight is 351 g/mol. The van der Waals surface area contributed by atoms with Crippen molar-refractivity contribution in [1.29, 1.82) is 0 Å². The van der Waals surface area contributed by atoms with Crippen molar-refractivity contribution >= 4 is 33.4 Å². The van der Waals surface area contributed by atoms with Gasteiger partial charge >= 0.3 is 0 Å². The number of carbonyl (C=O) groups excluding carboxylic acids is 1. The van der Waals surface area contributed by atoms with Crippen LogP contribution in [0.5, 0.6) is 0 Å². The highest BCUT2D eigenvalue weighted by Gasteiger charge is 2.16. The molecule has 0 bridgehead atoms. The summed E-state index contributed by atoms with van der Waals surface area (Å²) in [7, 11) is 0. The predicted octanol–water partition coefficient (Wildman–Crippen LogP) is 4.41. The molecule has 0 spiro atoms. The Morgan fingerprint density at radius 2 is 2.21 bits per heavy atom. The van der Waals surface area contributed by atoms with Gasteiger partial charge in [0.15, 0.2) is 0 Å². The van der Waals surface area contributed by atoms with Gasteiger partial charge in [0.2, 0.25) is 0 Å². The molecule has 0 aromatic heterocycles. The summed E-state index contributed by atoms with van der Waals surface area (Å²) in [4.78, 5) is 12.0. The monoisotopic (exact) mass is 349 g/mol. The number of hydrogen-bond donors (Lipinski definition) is 1. The van der Waals surface area contributed by atoms with Crippen LogP contribution >= 0.6 is 27.5 Å².